The topological polar surface area (TPSA) is 64.6 Å². The van der Waals surface area contributed by atoms with Gasteiger partial charge in [-0.2, -0.15) is 0 Å². The van der Waals surface area contributed by atoms with Crippen LogP contribution in [0.1, 0.15) is 43.0 Å². The Kier molecular flexibility index (Phi) is 5.75. The van der Waals surface area contributed by atoms with Crippen molar-refractivity contribution in [3.63, 3.8) is 0 Å². The van der Waals surface area contributed by atoms with Gasteiger partial charge in [0.2, 0.25) is 0 Å². The number of carbonyl (C=O) groups excluding carboxylic acids is 2. The Bertz CT molecular complexity index is 495. The number of nitrogens with one attached hydrogen (secondary N) is 1. The number of ether oxygens (including phenoxy) is 2. The molecule has 5 heteroatoms. The van der Waals surface area contributed by atoms with Crippen LogP contribution in [-0.4, -0.2) is 31.2 Å². The first-order valence-electron chi connectivity index (χ1n) is 7.40. The minimum Gasteiger partial charge on any atom is -0.462 e. The van der Waals surface area contributed by atoms with E-state index in [9.17, 15) is 9.59 Å². The molecule has 0 saturated carbocycles. The summed E-state index contributed by atoms with van der Waals surface area (Å²) in [7, 11) is 0. The molecule has 0 spiro atoms. The Morgan fingerprint density at radius 3 is 3.00 bits per heavy atom. The zero-order valence-corrected chi connectivity index (χ0v) is 12.3. The van der Waals surface area contributed by atoms with Crippen molar-refractivity contribution in [2.45, 2.75) is 38.7 Å². The summed E-state index contributed by atoms with van der Waals surface area (Å²) < 4.78 is 10.5. The Hall–Kier alpha value is -1.88. The molecule has 1 unspecified atom stereocenters. The number of unbranched alkanes of at least 4 members (excludes halogenated alkanes) is 1. The average molecular weight is 291 g/mol. The van der Waals surface area contributed by atoms with E-state index in [2.05, 4.69) is 5.32 Å². The van der Waals surface area contributed by atoms with Crippen molar-refractivity contribution in [2.75, 3.05) is 18.5 Å². The number of hydrogen-bond donors (Lipinski definition) is 1. The lowest BCUT2D eigenvalue weighted by atomic mass is 10.2. The first-order chi connectivity index (χ1) is 10.2. The Morgan fingerprint density at radius 2 is 2.29 bits per heavy atom. The molecule has 0 radical (unpaired) electrons. The van der Waals surface area contributed by atoms with Crippen LogP contribution in [0.25, 0.3) is 0 Å². The molecule has 114 valence electrons. The summed E-state index contributed by atoms with van der Waals surface area (Å²) in [6.45, 7) is 3.08. The van der Waals surface area contributed by atoms with Crippen LogP contribution in [0.2, 0.25) is 0 Å². The fourth-order valence-electron chi connectivity index (χ4n) is 2.12. The van der Waals surface area contributed by atoms with Gasteiger partial charge in [0.05, 0.1) is 12.2 Å². The van der Waals surface area contributed by atoms with Crippen LogP contribution >= 0.6 is 0 Å². The first-order valence-corrected chi connectivity index (χ1v) is 7.40. The van der Waals surface area contributed by atoms with E-state index >= 15 is 0 Å². The molecule has 1 aromatic carbocycles. The zero-order valence-electron chi connectivity index (χ0n) is 12.3. The lowest BCUT2D eigenvalue weighted by molar-refractivity contribution is -0.124. The van der Waals surface area contributed by atoms with Gasteiger partial charge in [-0.1, -0.05) is 19.4 Å². The third kappa shape index (κ3) is 4.56. The molecule has 21 heavy (non-hydrogen) atoms. The fourth-order valence-corrected chi connectivity index (χ4v) is 2.12. The second kappa shape index (κ2) is 7.78. The molecule has 1 heterocycles. The van der Waals surface area contributed by atoms with Gasteiger partial charge in [0.25, 0.3) is 5.91 Å². The van der Waals surface area contributed by atoms with Crippen molar-refractivity contribution < 1.29 is 19.1 Å². The minimum atomic E-state index is -0.384. The summed E-state index contributed by atoms with van der Waals surface area (Å²) in [5.41, 5.74) is 1.02. The molecule has 0 aliphatic carbocycles. The zero-order chi connectivity index (χ0) is 15.1. The van der Waals surface area contributed by atoms with Crippen LogP contribution < -0.4 is 5.32 Å². The lowest BCUT2D eigenvalue weighted by Crippen LogP contribution is -2.26. The van der Waals surface area contributed by atoms with Gasteiger partial charge < -0.3 is 14.8 Å². The number of esters is 1. The molecular weight excluding hydrogens is 270 g/mol. The van der Waals surface area contributed by atoms with E-state index in [0.717, 1.165) is 25.7 Å². The summed E-state index contributed by atoms with van der Waals surface area (Å²) in [6.07, 6.45) is 3.09. The highest BCUT2D eigenvalue weighted by molar-refractivity contribution is 5.96. The third-order valence-corrected chi connectivity index (χ3v) is 3.32. The quantitative estimate of drug-likeness (QED) is 0.646. The highest BCUT2D eigenvalue weighted by atomic mass is 16.5. The van der Waals surface area contributed by atoms with Gasteiger partial charge in [0.15, 0.2) is 0 Å². The molecule has 1 saturated heterocycles. The predicted molar refractivity (Wildman–Crippen MR) is 79.2 cm³/mol. The van der Waals surface area contributed by atoms with Gasteiger partial charge in [0, 0.05) is 12.3 Å². The van der Waals surface area contributed by atoms with Crippen LogP contribution in [0, 0.1) is 0 Å². The maximum absolute atomic E-state index is 12.0. The highest BCUT2D eigenvalue weighted by Crippen LogP contribution is 2.16. The van der Waals surface area contributed by atoms with E-state index in [-0.39, 0.29) is 18.0 Å². The molecule has 1 aromatic rings. The van der Waals surface area contributed by atoms with Crippen LogP contribution in [0.3, 0.4) is 0 Å². The van der Waals surface area contributed by atoms with E-state index in [4.69, 9.17) is 9.47 Å². The van der Waals surface area contributed by atoms with E-state index in [1.807, 2.05) is 6.92 Å². The molecule has 1 fully saturated rings. The lowest BCUT2D eigenvalue weighted by Gasteiger charge is -2.11. The molecule has 1 atom stereocenters. The minimum absolute atomic E-state index is 0.163. The Morgan fingerprint density at radius 1 is 1.43 bits per heavy atom. The molecular formula is C16H21NO4. The molecule has 1 aliphatic rings. The molecule has 5 nitrogen and oxygen atoms in total. The van der Waals surface area contributed by atoms with E-state index in [1.54, 1.807) is 24.3 Å². The van der Waals surface area contributed by atoms with Gasteiger partial charge in [0.1, 0.15) is 6.10 Å². The molecule has 2 rings (SSSR count). The molecule has 0 aromatic heterocycles. The van der Waals surface area contributed by atoms with Gasteiger partial charge in [-0.05, 0) is 37.5 Å². The second-order valence-electron chi connectivity index (χ2n) is 5.06. The predicted octanol–water partition coefficient (Wildman–Crippen LogP) is 2.76. The van der Waals surface area contributed by atoms with Crippen LogP contribution in [-0.2, 0) is 14.3 Å². The third-order valence-electron chi connectivity index (χ3n) is 3.32. The number of benzene rings is 1. The van der Waals surface area contributed by atoms with Crippen molar-refractivity contribution in [3.05, 3.63) is 29.8 Å². The number of hydrogen-bond acceptors (Lipinski definition) is 4. The average Bonchev–Trinajstić information content (AvgIpc) is 3.02. The molecule has 1 aliphatic heterocycles. The molecule has 1 amide bonds. The van der Waals surface area contributed by atoms with Crippen molar-refractivity contribution in [2.24, 2.45) is 0 Å². The standard InChI is InChI=1S/C16H21NO4/c1-2-3-9-21-16(19)12-6-4-7-13(11-12)17-15(18)14-8-5-10-20-14/h4,6-7,11,14H,2-3,5,8-10H2,1H3,(H,17,18). The van der Waals surface area contributed by atoms with E-state index in [1.165, 1.54) is 0 Å². The summed E-state index contributed by atoms with van der Waals surface area (Å²) in [5.74, 6) is -0.527. The first kappa shape index (κ1) is 15.5. The highest BCUT2D eigenvalue weighted by Gasteiger charge is 2.23. The van der Waals surface area contributed by atoms with Crippen LogP contribution in [0.15, 0.2) is 24.3 Å². The number of rotatable bonds is 6. The van der Waals surface area contributed by atoms with Gasteiger partial charge in [-0.25, -0.2) is 4.79 Å². The maximum Gasteiger partial charge on any atom is 0.338 e. The van der Waals surface area contributed by atoms with E-state index in [0.29, 0.717) is 24.5 Å². The van der Waals surface area contributed by atoms with Crippen molar-refractivity contribution in [1.29, 1.82) is 0 Å². The van der Waals surface area contributed by atoms with Gasteiger partial charge in [-0.3, -0.25) is 4.79 Å². The largest absolute Gasteiger partial charge is 0.462 e. The maximum atomic E-state index is 12.0. The van der Waals surface area contributed by atoms with Crippen LogP contribution in [0.4, 0.5) is 5.69 Å². The molecule has 0 bridgehead atoms. The van der Waals surface area contributed by atoms with Crippen molar-refractivity contribution in [1.82, 2.24) is 0 Å². The molecule has 1 N–H and O–H groups in total. The van der Waals surface area contributed by atoms with Gasteiger partial charge in [-0.15, -0.1) is 0 Å². The van der Waals surface area contributed by atoms with Crippen molar-refractivity contribution in [3.8, 4) is 0 Å². The Labute approximate surface area is 124 Å². The number of anilines is 1. The monoisotopic (exact) mass is 291 g/mol. The summed E-state index contributed by atoms with van der Waals surface area (Å²) in [6, 6.07) is 6.77. The Balaban J connectivity index is 1.93. The van der Waals surface area contributed by atoms with Crippen LogP contribution in [0.5, 0.6) is 0 Å². The SMILES string of the molecule is CCCCOC(=O)c1cccc(NC(=O)C2CCCO2)c1. The normalized spacial score (nSPS) is 17.5. The summed E-state index contributed by atoms with van der Waals surface area (Å²) in [5, 5.41) is 2.77. The summed E-state index contributed by atoms with van der Waals surface area (Å²) in [4.78, 5) is 23.8. The fraction of sp³-hybridized carbons (Fsp3) is 0.500. The van der Waals surface area contributed by atoms with Crippen molar-refractivity contribution >= 4 is 17.6 Å². The smallest absolute Gasteiger partial charge is 0.338 e. The summed E-state index contributed by atoms with van der Waals surface area (Å²) >= 11 is 0. The second-order valence-corrected chi connectivity index (χ2v) is 5.06. The van der Waals surface area contributed by atoms with Gasteiger partial charge >= 0.3 is 5.97 Å². The van der Waals surface area contributed by atoms with E-state index < -0.39 is 0 Å². The number of carbonyl (C=O) groups is 2. The number of amides is 1.